The minimum atomic E-state index is -4.06. The Labute approximate surface area is 213 Å². The van der Waals surface area contributed by atoms with Gasteiger partial charge in [0, 0.05) is 16.5 Å². The third kappa shape index (κ3) is 6.40. The normalized spacial score (nSPS) is 11.3. The van der Waals surface area contributed by atoms with Gasteiger partial charge in [-0.3, -0.25) is 19.2 Å². The van der Waals surface area contributed by atoms with Gasteiger partial charge in [0.2, 0.25) is 0 Å². The second-order valence-corrected chi connectivity index (χ2v) is 10.2. The summed E-state index contributed by atoms with van der Waals surface area (Å²) >= 11 is 1.48. The molecule has 12 heteroatoms. The number of hydrogen-bond donors (Lipinski definition) is 1. The fraction of sp³-hybridized carbons (Fsp3) is 0.167. The molecular weight excluding hydrogens is 504 g/mol. The highest BCUT2D eigenvalue weighted by atomic mass is 32.2. The third-order valence-electron chi connectivity index (χ3n) is 5.06. The predicted molar refractivity (Wildman–Crippen MR) is 139 cm³/mol. The molecule has 0 fully saturated rings. The molecule has 0 spiro atoms. The van der Waals surface area contributed by atoms with Crippen molar-refractivity contribution >= 4 is 45.3 Å². The molecule has 1 amide bonds. The van der Waals surface area contributed by atoms with E-state index in [0.29, 0.717) is 11.3 Å². The van der Waals surface area contributed by atoms with Gasteiger partial charge in [0.25, 0.3) is 15.9 Å². The molecule has 0 radical (unpaired) electrons. The molecule has 0 aromatic heterocycles. The maximum atomic E-state index is 13.4. The van der Waals surface area contributed by atoms with Crippen LogP contribution in [0.2, 0.25) is 0 Å². The number of nitrogens with one attached hydrogen (secondary N) is 1. The van der Waals surface area contributed by atoms with Crippen molar-refractivity contribution in [2.45, 2.75) is 16.7 Å². The first-order chi connectivity index (χ1) is 17.1. The average Bonchev–Trinajstić information content (AvgIpc) is 2.87. The van der Waals surface area contributed by atoms with Crippen LogP contribution in [0.5, 0.6) is 5.75 Å². The number of anilines is 1. The molecular formula is C24H24N4O6S2. The van der Waals surface area contributed by atoms with Crippen molar-refractivity contribution in [2.75, 3.05) is 24.2 Å². The zero-order chi connectivity index (χ0) is 26.3. The summed E-state index contributed by atoms with van der Waals surface area (Å²) in [6.45, 7) is 1.34. The van der Waals surface area contributed by atoms with E-state index in [9.17, 15) is 23.3 Å². The number of rotatable bonds is 10. The molecule has 188 valence electrons. The summed E-state index contributed by atoms with van der Waals surface area (Å²) in [7, 11) is -2.74. The largest absolute Gasteiger partial charge is 0.490 e. The molecule has 1 N–H and O–H groups in total. The van der Waals surface area contributed by atoms with E-state index in [2.05, 4.69) is 10.5 Å². The van der Waals surface area contributed by atoms with Gasteiger partial charge in [-0.1, -0.05) is 17.7 Å². The Kier molecular flexibility index (Phi) is 8.67. The lowest BCUT2D eigenvalue weighted by atomic mass is 10.2. The Balaban J connectivity index is 1.82. The van der Waals surface area contributed by atoms with Crippen LogP contribution in [-0.2, 0) is 14.8 Å². The van der Waals surface area contributed by atoms with Crippen molar-refractivity contribution in [3.63, 3.8) is 0 Å². The number of amides is 1. The molecule has 0 aliphatic carbocycles. The van der Waals surface area contributed by atoms with Crippen molar-refractivity contribution in [2.24, 2.45) is 5.10 Å². The highest BCUT2D eigenvalue weighted by molar-refractivity contribution is 7.98. The topological polar surface area (TPSA) is 131 Å². The lowest BCUT2D eigenvalue weighted by Crippen LogP contribution is -2.39. The molecule has 0 aliphatic heterocycles. The summed E-state index contributed by atoms with van der Waals surface area (Å²) in [6.07, 6.45) is 3.10. The number of ether oxygens (including phenoxy) is 1. The molecule has 3 aromatic carbocycles. The summed E-state index contributed by atoms with van der Waals surface area (Å²) in [6, 6.07) is 17.3. The monoisotopic (exact) mass is 528 g/mol. The van der Waals surface area contributed by atoms with Gasteiger partial charge in [-0.25, -0.2) is 13.8 Å². The van der Waals surface area contributed by atoms with Crippen LogP contribution in [-0.4, -0.2) is 45.4 Å². The van der Waals surface area contributed by atoms with Gasteiger partial charge in [-0.15, -0.1) is 11.8 Å². The molecule has 36 heavy (non-hydrogen) atoms. The Morgan fingerprint density at radius 1 is 1.14 bits per heavy atom. The number of benzene rings is 3. The van der Waals surface area contributed by atoms with Crippen LogP contribution in [0, 0.1) is 17.0 Å². The summed E-state index contributed by atoms with van der Waals surface area (Å²) in [5, 5.41) is 15.0. The molecule has 0 atom stereocenters. The minimum absolute atomic E-state index is 0.0442. The zero-order valence-corrected chi connectivity index (χ0v) is 21.4. The van der Waals surface area contributed by atoms with Gasteiger partial charge < -0.3 is 4.74 Å². The number of methoxy groups -OCH3 is 1. The Hall–Kier alpha value is -3.90. The smallest absolute Gasteiger partial charge is 0.311 e. The van der Waals surface area contributed by atoms with Crippen LogP contribution in [0.3, 0.4) is 0 Å². The molecule has 0 saturated carbocycles. The highest BCUT2D eigenvalue weighted by Crippen LogP contribution is 2.27. The van der Waals surface area contributed by atoms with Crippen molar-refractivity contribution in [3.8, 4) is 5.75 Å². The van der Waals surface area contributed by atoms with Crippen LogP contribution in [0.15, 0.2) is 81.6 Å². The van der Waals surface area contributed by atoms with E-state index in [4.69, 9.17) is 4.74 Å². The van der Waals surface area contributed by atoms with E-state index in [1.807, 2.05) is 13.2 Å². The zero-order valence-electron chi connectivity index (χ0n) is 19.7. The van der Waals surface area contributed by atoms with E-state index < -0.39 is 27.4 Å². The fourth-order valence-corrected chi connectivity index (χ4v) is 5.00. The van der Waals surface area contributed by atoms with E-state index in [1.165, 1.54) is 55.4 Å². The number of hydrazone groups is 1. The summed E-state index contributed by atoms with van der Waals surface area (Å²) < 4.78 is 32.8. The molecule has 3 aromatic rings. The number of nitro benzene ring substituents is 1. The number of nitro groups is 1. The summed E-state index contributed by atoms with van der Waals surface area (Å²) in [4.78, 5) is 24.2. The van der Waals surface area contributed by atoms with Crippen LogP contribution in [0.4, 0.5) is 11.4 Å². The standard InChI is InChI=1S/C24H24N4O6S2/c1-17-4-7-19(8-5-17)27(36(32,33)21-11-9-20(35-3)10-12-21)16-24(29)26-25-15-18-6-13-23(34-2)22(14-18)28(30)31/h4-15H,16H2,1-3H3,(H,26,29)/b25-15-. The predicted octanol–water partition coefficient (Wildman–Crippen LogP) is 3.98. The van der Waals surface area contributed by atoms with Gasteiger partial charge >= 0.3 is 5.69 Å². The average molecular weight is 529 g/mol. The van der Waals surface area contributed by atoms with Gasteiger partial charge in [0.05, 0.1) is 28.8 Å². The van der Waals surface area contributed by atoms with Crippen LogP contribution < -0.4 is 14.5 Å². The maximum Gasteiger partial charge on any atom is 0.311 e. The molecule has 0 bridgehead atoms. The van der Waals surface area contributed by atoms with Gasteiger partial charge in [-0.2, -0.15) is 5.10 Å². The second kappa shape index (κ2) is 11.7. The maximum absolute atomic E-state index is 13.4. The lowest BCUT2D eigenvalue weighted by molar-refractivity contribution is -0.385. The molecule has 0 heterocycles. The number of carbonyl (C=O) groups excluding carboxylic acids is 1. The number of hydrogen-bond acceptors (Lipinski definition) is 8. The molecule has 0 aliphatic rings. The number of carbonyl (C=O) groups is 1. The van der Waals surface area contributed by atoms with Crippen LogP contribution >= 0.6 is 11.8 Å². The SMILES string of the molecule is COc1ccc(/C=N\NC(=O)CN(c2ccc(C)cc2)S(=O)(=O)c2ccc(SC)cc2)cc1[N+](=O)[O-]. The summed E-state index contributed by atoms with van der Waals surface area (Å²) in [5.74, 6) is -0.607. The Morgan fingerprint density at radius 3 is 2.39 bits per heavy atom. The van der Waals surface area contributed by atoms with Crippen molar-refractivity contribution < 1.29 is 22.9 Å². The number of thioether (sulfide) groups is 1. The number of nitrogens with zero attached hydrogens (tertiary/aromatic N) is 3. The Morgan fingerprint density at radius 2 is 1.81 bits per heavy atom. The molecule has 0 saturated heterocycles. The summed E-state index contributed by atoms with van der Waals surface area (Å²) in [5.41, 5.74) is 3.63. The van der Waals surface area contributed by atoms with Gasteiger partial charge in [0.15, 0.2) is 5.75 Å². The van der Waals surface area contributed by atoms with Crippen molar-refractivity contribution in [3.05, 3.63) is 88.0 Å². The highest BCUT2D eigenvalue weighted by Gasteiger charge is 2.27. The quantitative estimate of drug-likeness (QED) is 0.182. The van der Waals surface area contributed by atoms with Crippen molar-refractivity contribution in [1.82, 2.24) is 5.43 Å². The minimum Gasteiger partial charge on any atom is -0.490 e. The first-order valence-electron chi connectivity index (χ1n) is 10.5. The molecule has 0 unspecified atom stereocenters. The van der Waals surface area contributed by atoms with E-state index in [1.54, 1.807) is 36.4 Å². The van der Waals surface area contributed by atoms with Crippen LogP contribution in [0.1, 0.15) is 11.1 Å². The van der Waals surface area contributed by atoms with Crippen molar-refractivity contribution in [1.29, 1.82) is 0 Å². The fourth-order valence-electron chi connectivity index (χ4n) is 3.18. The lowest BCUT2D eigenvalue weighted by Gasteiger charge is -2.24. The van der Waals surface area contributed by atoms with Gasteiger partial charge in [0.1, 0.15) is 6.54 Å². The third-order valence-corrected chi connectivity index (χ3v) is 7.59. The first-order valence-corrected chi connectivity index (χ1v) is 13.2. The number of aryl methyl sites for hydroxylation is 1. The van der Waals surface area contributed by atoms with E-state index in [0.717, 1.165) is 14.8 Å². The Bertz CT molecular complexity index is 1370. The first kappa shape index (κ1) is 26.7. The molecule has 3 rings (SSSR count). The van der Waals surface area contributed by atoms with E-state index in [-0.39, 0.29) is 16.3 Å². The second-order valence-electron chi connectivity index (χ2n) is 7.50. The van der Waals surface area contributed by atoms with Crippen LogP contribution in [0.25, 0.3) is 0 Å². The molecule has 10 nitrogen and oxygen atoms in total. The van der Waals surface area contributed by atoms with E-state index >= 15 is 0 Å². The van der Waals surface area contributed by atoms with Gasteiger partial charge in [-0.05, 0) is 61.7 Å². The number of sulfonamides is 1.